The summed E-state index contributed by atoms with van der Waals surface area (Å²) in [6.07, 6.45) is 0.929. The van der Waals surface area contributed by atoms with E-state index in [4.69, 9.17) is 9.47 Å². The number of rotatable bonds is 11. The number of ether oxygens (including phenoxy) is 2. The largest absolute Gasteiger partial charge is 0.493 e. The number of hydrogen-bond donors (Lipinski definition) is 2. The number of nitrogens with one attached hydrogen (secondary N) is 2. The molecule has 0 aliphatic rings. The lowest BCUT2D eigenvalue weighted by Gasteiger charge is -2.20. The third-order valence-corrected chi connectivity index (χ3v) is 5.10. The molecule has 1 atom stereocenters. The van der Waals surface area contributed by atoms with E-state index >= 15 is 0 Å². The quantitative estimate of drug-likeness (QED) is 0.441. The zero-order chi connectivity index (χ0) is 22.8. The normalized spacial score (nSPS) is 11.6. The number of aryl methyl sites for hydroxylation is 1. The third kappa shape index (κ3) is 6.56. The Morgan fingerprint density at radius 1 is 0.969 bits per heavy atom. The van der Waals surface area contributed by atoms with Gasteiger partial charge in [0.2, 0.25) is 5.91 Å². The lowest BCUT2D eigenvalue weighted by atomic mass is 9.97. The molecule has 1 amide bonds. The maximum Gasteiger partial charge on any atom is 0.234 e. The first-order valence-corrected chi connectivity index (χ1v) is 10.7. The Balaban J connectivity index is 1.56. The first kappa shape index (κ1) is 23.3. The van der Waals surface area contributed by atoms with Crippen LogP contribution < -0.4 is 20.1 Å². The second kappa shape index (κ2) is 11.9. The first-order valence-electron chi connectivity index (χ1n) is 10.7. The van der Waals surface area contributed by atoms with Crippen molar-refractivity contribution >= 4 is 5.91 Å². The molecule has 0 bridgehead atoms. The van der Waals surface area contributed by atoms with E-state index in [0.29, 0.717) is 30.2 Å². The zero-order valence-corrected chi connectivity index (χ0v) is 18.4. The maximum absolute atomic E-state index is 13.8. The second-order valence-electron chi connectivity index (χ2n) is 7.33. The smallest absolute Gasteiger partial charge is 0.234 e. The number of benzene rings is 3. The highest BCUT2D eigenvalue weighted by molar-refractivity contribution is 5.79. The third-order valence-electron chi connectivity index (χ3n) is 5.10. The van der Waals surface area contributed by atoms with Crippen molar-refractivity contribution in [2.75, 3.05) is 26.8 Å². The molecule has 168 valence electrons. The lowest BCUT2D eigenvalue weighted by molar-refractivity contribution is -0.120. The van der Waals surface area contributed by atoms with E-state index < -0.39 is 6.04 Å². The summed E-state index contributed by atoms with van der Waals surface area (Å²) in [5.74, 6) is 0.801. The maximum atomic E-state index is 13.8. The molecule has 0 fully saturated rings. The molecule has 5 nitrogen and oxygen atoms in total. The molecular weight excluding hydrogens is 407 g/mol. The Labute approximate surface area is 188 Å². The van der Waals surface area contributed by atoms with Crippen molar-refractivity contribution in [3.8, 4) is 11.5 Å². The first-order chi connectivity index (χ1) is 15.6. The van der Waals surface area contributed by atoms with E-state index in [0.717, 1.165) is 12.0 Å². The van der Waals surface area contributed by atoms with Gasteiger partial charge in [-0.25, -0.2) is 4.39 Å². The minimum atomic E-state index is -0.435. The van der Waals surface area contributed by atoms with E-state index in [-0.39, 0.29) is 18.3 Å². The Kier molecular flexibility index (Phi) is 8.63. The van der Waals surface area contributed by atoms with Gasteiger partial charge in [-0.1, -0.05) is 55.5 Å². The number of carbonyl (C=O) groups is 1. The Morgan fingerprint density at radius 2 is 1.72 bits per heavy atom. The molecule has 3 rings (SSSR count). The molecule has 0 aliphatic carbocycles. The highest BCUT2D eigenvalue weighted by Crippen LogP contribution is 2.25. The van der Waals surface area contributed by atoms with Crippen molar-refractivity contribution in [3.63, 3.8) is 0 Å². The van der Waals surface area contributed by atoms with Crippen molar-refractivity contribution in [2.24, 2.45) is 0 Å². The van der Waals surface area contributed by atoms with Gasteiger partial charge in [0.05, 0.1) is 19.7 Å². The summed E-state index contributed by atoms with van der Waals surface area (Å²) in [7, 11) is 1.59. The minimum absolute atomic E-state index is 0.119. The molecule has 0 saturated heterocycles. The van der Waals surface area contributed by atoms with Gasteiger partial charge in [-0.05, 0) is 47.4 Å². The van der Waals surface area contributed by atoms with Gasteiger partial charge in [0.15, 0.2) is 11.5 Å². The minimum Gasteiger partial charge on any atom is -0.493 e. The van der Waals surface area contributed by atoms with E-state index in [9.17, 15) is 9.18 Å². The number of halogens is 1. The predicted octanol–water partition coefficient (Wildman–Crippen LogP) is 4.27. The van der Waals surface area contributed by atoms with Gasteiger partial charge in [0, 0.05) is 6.54 Å². The Hall–Kier alpha value is -3.38. The molecule has 2 N–H and O–H groups in total. The highest BCUT2D eigenvalue weighted by atomic mass is 19.1. The standard InChI is InChI=1S/C26H29FN2O3/c1-3-19-11-13-20(14-12-19)26(21-7-6-8-22(27)17-21)29-25(30)18-28-15-16-32-24-10-5-4-9-23(24)31-2/h4-14,17,26,28H,3,15-16,18H2,1-2H3,(H,29,30). The SMILES string of the molecule is CCc1ccc(C(NC(=O)CNCCOc2ccccc2OC)c2cccc(F)c2)cc1. The van der Waals surface area contributed by atoms with Crippen LogP contribution in [0.4, 0.5) is 4.39 Å². The van der Waals surface area contributed by atoms with Gasteiger partial charge in [-0.2, -0.15) is 0 Å². The van der Waals surface area contributed by atoms with Crippen LogP contribution in [-0.4, -0.2) is 32.7 Å². The molecule has 0 saturated carbocycles. The molecule has 0 aromatic heterocycles. The molecule has 0 spiro atoms. The van der Waals surface area contributed by atoms with Crippen LogP contribution in [0.2, 0.25) is 0 Å². The predicted molar refractivity (Wildman–Crippen MR) is 124 cm³/mol. The average molecular weight is 437 g/mol. The molecule has 0 radical (unpaired) electrons. The van der Waals surface area contributed by atoms with Crippen LogP contribution in [0.5, 0.6) is 11.5 Å². The number of hydrogen-bond acceptors (Lipinski definition) is 4. The number of methoxy groups -OCH3 is 1. The molecule has 0 heterocycles. The highest BCUT2D eigenvalue weighted by Gasteiger charge is 2.17. The van der Waals surface area contributed by atoms with Crippen LogP contribution in [0.25, 0.3) is 0 Å². The number of carbonyl (C=O) groups excluding carboxylic acids is 1. The second-order valence-corrected chi connectivity index (χ2v) is 7.33. The van der Waals surface area contributed by atoms with Crippen molar-refractivity contribution in [2.45, 2.75) is 19.4 Å². The van der Waals surface area contributed by atoms with Crippen LogP contribution in [-0.2, 0) is 11.2 Å². The molecule has 0 aliphatic heterocycles. The fourth-order valence-corrected chi connectivity index (χ4v) is 3.38. The summed E-state index contributed by atoms with van der Waals surface area (Å²) in [6.45, 7) is 3.08. The summed E-state index contributed by atoms with van der Waals surface area (Å²) < 4.78 is 24.8. The van der Waals surface area contributed by atoms with Gasteiger partial charge in [0.1, 0.15) is 12.4 Å². The van der Waals surface area contributed by atoms with Crippen molar-refractivity contribution < 1.29 is 18.7 Å². The van der Waals surface area contributed by atoms with Gasteiger partial charge in [-0.15, -0.1) is 0 Å². The van der Waals surface area contributed by atoms with E-state index in [1.807, 2.05) is 54.6 Å². The number of para-hydroxylation sites is 2. The number of amides is 1. The van der Waals surface area contributed by atoms with E-state index in [1.54, 1.807) is 13.2 Å². The fraction of sp³-hybridized carbons (Fsp3) is 0.269. The van der Waals surface area contributed by atoms with Crippen LogP contribution in [0, 0.1) is 5.82 Å². The van der Waals surface area contributed by atoms with Gasteiger partial charge >= 0.3 is 0 Å². The summed E-state index contributed by atoms with van der Waals surface area (Å²) in [6, 6.07) is 21.3. The van der Waals surface area contributed by atoms with Crippen molar-refractivity contribution in [3.05, 3.63) is 95.3 Å². The van der Waals surface area contributed by atoms with Crippen LogP contribution in [0.1, 0.15) is 29.7 Å². The van der Waals surface area contributed by atoms with Gasteiger partial charge in [0.25, 0.3) is 0 Å². The van der Waals surface area contributed by atoms with E-state index in [2.05, 4.69) is 17.6 Å². The Morgan fingerprint density at radius 3 is 2.41 bits per heavy atom. The molecule has 1 unspecified atom stereocenters. The molecule has 6 heteroatoms. The summed E-state index contributed by atoms with van der Waals surface area (Å²) in [4.78, 5) is 12.6. The summed E-state index contributed by atoms with van der Waals surface area (Å²) >= 11 is 0. The van der Waals surface area contributed by atoms with Crippen LogP contribution in [0.3, 0.4) is 0 Å². The van der Waals surface area contributed by atoms with Crippen molar-refractivity contribution in [1.82, 2.24) is 10.6 Å². The fourth-order valence-electron chi connectivity index (χ4n) is 3.38. The van der Waals surface area contributed by atoms with Gasteiger partial charge < -0.3 is 20.1 Å². The van der Waals surface area contributed by atoms with Crippen molar-refractivity contribution in [1.29, 1.82) is 0 Å². The summed E-state index contributed by atoms with van der Waals surface area (Å²) in [5, 5.41) is 6.09. The molecule has 3 aromatic rings. The monoisotopic (exact) mass is 436 g/mol. The van der Waals surface area contributed by atoms with Crippen LogP contribution in [0.15, 0.2) is 72.8 Å². The van der Waals surface area contributed by atoms with E-state index in [1.165, 1.54) is 17.7 Å². The Bertz CT molecular complexity index is 1010. The molecular formula is C26H29FN2O3. The molecule has 32 heavy (non-hydrogen) atoms. The zero-order valence-electron chi connectivity index (χ0n) is 18.4. The van der Waals surface area contributed by atoms with Gasteiger partial charge in [-0.3, -0.25) is 4.79 Å². The topological polar surface area (TPSA) is 59.6 Å². The average Bonchev–Trinajstić information content (AvgIpc) is 2.82. The lowest BCUT2D eigenvalue weighted by Crippen LogP contribution is -2.38. The summed E-state index contributed by atoms with van der Waals surface area (Å²) in [5.41, 5.74) is 2.80. The van der Waals surface area contributed by atoms with Crippen LogP contribution >= 0.6 is 0 Å². The molecule has 3 aromatic carbocycles.